The maximum absolute atomic E-state index is 6.33. The third-order valence-electron chi connectivity index (χ3n) is 3.25. The van der Waals surface area contributed by atoms with E-state index in [9.17, 15) is 0 Å². The molecule has 0 saturated carbocycles. The smallest absolute Gasteiger partial charge is 0.122 e. The molecule has 108 valence electrons. The summed E-state index contributed by atoms with van der Waals surface area (Å²) < 4.78 is 7.25. The van der Waals surface area contributed by atoms with Gasteiger partial charge in [-0.3, -0.25) is 4.68 Å². The number of benzene rings is 1. The number of rotatable bonds is 6. The summed E-state index contributed by atoms with van der Waals surface area (Å²) in [5.74, 6) is 0.848. The van der Waals surface area contributed by atoms with Gasteiger partial charge in [0, 0.05) is 6.54 Å². The largest absolute Gasteiger partial charge is 0.496 e. The van der Waals surface area contributed by atoms with Gasteiger partial charge in [0.1, 0.15) is 5.75 Å². The number of halogens is 1. The molecule has 1 heterocycles. The molecule has 0 aliphatic heterocycles. The first-order valence-electron chi connectivity index (χ1n) is 6.76. The molecule has 1 atom stereocenters. The summed E-state index contributed by atoms with van der Waals surface area (Å²) >= 11 is 6.22. The van der Waals surface area contributed by atoms with Crippen molar-refractivity contribution in [2.75, 3.05) is 7.11 Å². The van der Waals surface area contributed by atoms with Gasteiger partial charge in [0.25, 0.3) is 0 Å². The highest BCUT2D eigenvalue weighted by Crippen LogP contribution is 2.27. The lowest BCUT2D eigenvalue weighted by Gasteiger charge is -2.16. The molecule has 2 rings (SSSR count). The van der Waals surface area contributed by atoms with Gasteiger partial charge in [0.05, 0.1) is 30.1 Å². The second kappa shape index (κ2) is 6.77. The minimum absolute atomic E-state index is 0.201. The van der Waals surface area contributed by atoms with E-state index in [0.717, 1.165) is 30.0 Å². The predicted octanol–water partition coefficient (Wildman–Crippen LogP) is 3.20. The summed E-state index contributed by atoms with van der Waals surface area (Å²) in [6.07, 6.45) is 3.32. The van der Waals surface area contributed by atoms with Gasteiger partial charge in [-0.1, -0.05) is 36.7 Å². The highest BCUT2D eigenvalue weighted by molar-refractivity contribution is 6.31. The Morgan fingerprint density at radius 3 is 2.85 bits per heavy atom. The van der Waals surface area contributed by atoms with Crippen molar-refractivity contribution in [2.24, 2.45) is 5.73 Å². The average molecular weight is 294 g/mol. The van der Waals surface area contributed by atoms with E-state index in [-0.39, 0.29) is 6.04 Å². The van der Waals surface area contributed by atoms with E-state index in [2.05, 4.69) is 12.0 Å². The Bertz CT molecular complexity index is 568. The molecule has 20 heavy (non-hydrogen) atoms. The molecule has 4 nitrogen and oxygen atoms in total. The van der Waals surface area contributed by atoms with Gasteiger partial charge < -0.3 is 10.5 Å². The average Bonchev–Trinajstić information content (AvgIpc) is 2.81. The molecule has 0 amide bonds. The van der Waals surface area contributed by atoms with Crippen molar-refractivity contribution in [3.63, 3.8) is 0 Å². The third-order valence-corrected chi connectivity index (χ3v) is 3.54. The van der Waals surface area contributed by atoms with E-state index in [1.165, 1.54) is 0 Å². The zero-order valence-corrected chi connectivity index (χ0v) is 12.6. The molecule has 0 bridgehead atoms. The minimum atomic E-state index is -0.201. The van der Waals surface area contributed by atoms with Crippen molar-refractivity contribution < 1.29 is 4.74 Å². The Balaban J connectivity index is 2.23. The number of aryl methyl sites for hydroxylation is 1. The van der Waals surface area contributed by atoms with Gasteiger partial charge in [-0.2, -0.15) is 5.10 Å². The van der Waals surface area contributed by atoms with Crippen LogP contribution in [0.2, 0.25) is 5.02 Å². The maximum atomic E-state index is 6.33. The molecule has 0 aliphatic carbocycles. The number of methoxy groups -OCH3 is 1. The minimum Gasteiger partial charge on any atom is -0.496 e. The summed E-state index contributed by atoms with van der Waals surface area (Å²) in [5.41, 5.74) is 8.29. The zero-order chi connectivity index (χ0) is 14.5. The van der Waals surface area contributed by atoms with Crippen LogP contribution in [-0.2, 0) is 13.0 Å². The highest BCUT2D eigenvalue weighted by Gasteiger charge is 2.18. The first kappa shape index (κ1) is 14.9. The first-order chi connectivity index (χ1) is 9.67. The molecule has 0 fully saturated rings. The van der Waals surface area contributed by atoms with E-state index >= 15 is 0 Å². The lowest BCUT2D eigenvalue weighted by molar-refractivity contribution is 0.407. The van der Waals surface area contributed by atoms with Crippen LogP contribution in [-0.4, -0.2) is 16.9 Å². The molecule has 2 aromatic rings. The fourth-order valence-corrected chi connectivity index (χ4v) is 2.62. The molecule has 2 N–H and O–H groups in total. The molecular weight excluding hydrogens is 274 g/mol. The van der Waals surface area contributed by atoms with Crippen molar-refractivity contribution in [3.8, 4) is 5.75 Å². The molecule has 1 unspecified atom stereocenters. The normalized spacial score (nSPS) is 12.4. The Hall–Kier alpha value is -1.52. The number of hydrogen-bond donors (Lipinski definition) is 1. The van der Waals surface area contributed by atoms with E-state index < -0.39 is 0 Å². The maximum Gasteiger partial charge on any atom is 0.122 e. The first-order valence-corrected chi connectivity index (χ1v) is 7.13. The van der Waals surface area contributed by atoms with Crippen LogP contribution in [0, 0.1) is 0 Å². The standard InChI is InChI=1S/C15H20ClN3O/c1-3-8-19-15(12(16)10-18-19)13(17)9-11-6-4-5-7-14(11)20-2/h4-7,10,13H,3,8-9,17H2,1-2H3. The second-order valence-electron chi connectivity index (χ2n) is 4.72. The lowest BCUT2D eigenvalue weighted by atomic mass is 10.0. The van der Waals surface area contributed by atoms with E-state index in [1.54, 1.807) is 13.3 Å². The van der Waals surface area contributed by atoms with Crippen molar-refractivity contribution in [2.45, 2.75) is 32.4 Å². The fraction of sp³-hybridized carbons (Fsp3) is 0.400. The zero-order valence-electron chi connectivity index (χ0n) is 11.8. The van der Waals surface area contributed by atoms with Crippen LogP contribution < -0.4 is 10.5 Å². The van der Waals surface area contributed by atoms with Crippen molar-refractivity contribution in [1.82, 2.24) is 9.78 Å². The van der Waals surface area contributed by atoms with Crippen molar-refractivity contribution in [3.05, 3.63) is 46.7 Å². The van der Waals surface area contributed by atoms with Crippen LogP contribution in [0.5, 0.6) is 5.75 Å². The highest BCUT2D eigenvalue weighted by atomic mass is 35.5. The van der Waals surface area contributed by atoms with Gasteiger partial charge >= 0.3 is 0 Å². The van der Waals surface area contributed by atoms with Gasteiger partial charge in [-0.15, -0.1) is 0 Å². The van der Waals surface area contributed by atoms with Crippen LogP contribution in [0.4, 0.5) is 0 Å². The Kier molecular flexibility index (Phi) is 5.04. The number of nitrogens with zero attached hydrogens (tertiary/aromatic N) is 2. The molecule has 5 heteroatoms. The van der Waals surface area contributed by atoms with Gasteiger partial charge in [0.15, 0.2) is 0 Å². The summed E-state index contributed by atoms with van der Waals surface area (Å²) in [6.45, 7) is 2.92. The molecule has 1 aromatic carbocycles. The summed E-state index contributed by atoms with van der Waals surface area (Å²) in [4.78, 5) is 0. The van der Waals surface area contributed by atoms with Crippen LogP contribution >= 0.6 is 11.6 Å². The van der Waals surface area contributed by atoms with Crippen molar-refractivity contribution in [1.29, 1.82) is 0 Å². The number of nitrogens with two attached hydrogens (primary N) is 1. The number of aromatic nitrogens is 2. The topological polar surface area (TPSA) is 53.1 Å². The lowest BCUT2D eigenvalue weighted by Crippen LogP contribution is -2.19. The van der Waals surface area contributed by atoms with Gasteiger partial charge in [-0.25, -0.2) is 0 Å². The molecule has 0 spiro atoms. The van der Waals surface area contributed by atoms with E-state index in [4.69, 9.17) is 22.1 Å². The second-order valence-corrected chi connectivity index (χ2v) is 5.13. The SMILES string of the molecule is CCCn1ncc(Cl)c1C(N)Cc1ccccc1OC. The van der Waals surface area contributed by atoms with Crippen molar-refractivity contribution >= 4 is 11.6 Å². The quantitative estimate of drug-likeness (QED) is 0.890. The molecular formula is C15H20ClN3O. The van der Waals surface area contributed by atoms with Gasteiger partial charge in [-0.05, 0) is 24.5 Å². The fourth-order valence-electron chi connectivity index (χ4n) is 2.34. The Labute approximate surface area is 124 Å². The number of ether oxygens (including phenoxy) is 1. The van der Waals surface area contributed by atoms with Gasteiger partial charge in [0.2, 0.25) is 0 Å². The summed E-state index contributed by atoms with van der Waals surface area (Å²) in [5, 5.41) is 4.91. The molecule has 0 radical (unpaired) electrons. The van der Waals surface area contributed by atoms with E-state index in [1.807, 2.05) is 28.9 Å². The third kappa shape index (κ3) is 3.14. The van der Waals surface area contributed by atoms with Crippen LogP contribution in [0.15, 0.2) is 30.5 Å². The number of hydrogen-bond acceptors (Lipinski definition) is 3. The van der Waals surface area contributed by atoms with Crippen LogP contribution in [0.25, 0.3) is 0 Å². The molecule has 0 aliphatic rings. The Morgan fingerprint density at radius 1 is 1.40 bits per heavy atom. The monoisotopic (exact) mass is 293 g/mol. The van der Waals surface area contributed by atoms with E-state index in [0.29, 0.717) is 11.4 Å². The Morgan fingerprint density at radius 2 is 2.15 bits per heavy atom. The predicted molar refractivity (Wildman–Crippen MR) is 81.2 cm³/mol. The van der Waals surface area contributed by atoms with Crippen LogP contribution in [0.1, 0.15) is 30.6 Å². The summed E-state index contributed by atoms with van der Waals surface area (Å²) in [6, 6.07) is 7.69. The summed E-state index contributed by atoms with van der Waals surface area (Å²) in [7, 11) is 1.67. The molecule has 0 saturated heterocycles. The molecule has 1 aromatic heterocycles. The van der Waals surface area contributed by atoms with Crippen LogP contribution in [0.3, 0.4) is 0 Å². The number of para-hydroxylation sites is 1.